The van der Waals surface area contributed by atoms with E-state index >= 15 is 0 Å². The van der Waals surface area contributed by atoms with Crippen LogP contribution in [-0.4, -0.2) is 65.6 Å². The Balaban J connectivity index is 1.53. The number of hydrogen-bond donors (Lipinski definition) is 1. The van der Waals surface area contributed by atoms with E-state index in [1.54, 1.807) is 37.8 Å². The molecule has 0 radical (unpaired) electrons. The number of rotatable bonds is 9. The van der Waals surface area contributed by atoms with E-state index in [-0.39, 0.29) is 31.0 Å². The molecule has 0 unspecified atom stereocenters. The Bertz CT molecular complexity index is 1130. The second-order valence-electron chi connectivity index (χ2n) is 9.98. The number of hydrogen-bond acceptors (Lipinski definition) is 8. The summed E-state index contributed by atoms with van der Waals surface area (Å²) in [6, 6.07) is 14.5. The van der Waals surface area contributed by atoms with E-state index in [4.69, 9.17) is 9.47 Å². The molecule has 2 aromatic rings. The summed E-state index contributed by atoms with van der Waals surface area (Å²) < 4.78 is 10.7. The van der Waals surface area contributed by atoms with E-state index in [0.717, 1.165) is 11.3 Å². The van der Waals surface area contributed by atoms with E-state index < -0.39 is 28.6 Å². The molecule has 1 fully saturated rings. The van der Waals surface area contributed by atoms with E-state index in [2.05, 4.69) is 5.32 Å². The molecule has 11 nitrogen and oxygen atoms in total. The van der Waals surface area contributed by atoms with Gasteiger partial charge in [0.25, 0.3) is 5.69 Å². The average Bonchev–Trinajstić information content (AvgIpc) is 2.89. The third kappa shape index (κ3) is 8.75. The molecule has 0 spiro atoms. The van der Waals surface area contributed by atoms with Crippen molar-refractivity contribution in [2.45, 2.75) is 51.9 Å². The molecule has 11 heteroatoms. The van der Waals surface area contributed by atoms with Crippen LogP contribution in [0.5, 0.6) is 0 Å². The Morgan fingerprint density at radius 1 is 1.03 bits per heavy atom. The number of carbonyl (C=O) groups excluding carboxylic acids is 3. The van der Waals surface area contributed by atoms with Crippen molar-refractivity contribution in [3.8, 4) is 0 Å². The monoisotopic (exact) mass is 526 g/mol. The standard InChI is InChI=1S/C27H34N4O7/c1-27(2,3)38-25(33)23(28-26(34)37-19-20-8-5-4-6-9-20)12-13-24(32)30-16-14-29(15-17-30)21-10-7-11-22(18-21)31(35)36/h4-11,18,23H,12-17,19H2,1-3H3,(H,28,34)/t23-/m0/s1. The minimum absolute atomic E-state index is 0.0176. The number of piperazine rings is 1. The summed E-state index contributed by atoms with van der Waals surface area (Å²) in [5.41, 5.74) is 0.784. The third-order valence-electron chi connectivity index (χ3n) is 5.88. The fraction of sp³-hybridized carbons (Fsp3) is 0.444. The minimum atomic E-state index is -1.05. The highest BCUT2D eigenvalue weighted by molar-refractivity contribution is 5.83. The minimum Gasteiger partial charge on any atom is -0.458 e. The number of anilines is 1. The molecule has 1 atom stereocenters. The van der Waals surface area contributed by atoms with Crippen molar-refractivity contribution in [3.63, 3.8) is 0 Å². The number of non-ortho nitro benzene ring substituents is 1. The zero-order valence-corrected chi connectivity index (χ0v) is 21.9. The number of esters is 1. The van der Waals surface area contributed by atoms with Gasteiger partial charge in [0.15, 0.2) is 0 Å². The molecule has 0 aliphatic carbocycles. The van der Waals surface area contributed by atoms with Gasteiger partial charge in [0, 0.05) is 50.4 Å². The van der Waals surface area contributed by atoms with Crippen LogP contribution in [0, 0.1) is 10.1 Å². The van der Waals surface area contributed by atoms with Gasteiger partial charge < -0.3 is 24.6 Å². The molecule has 1 heterocycles. The summed E-state index contributed by atoms with van der Waals surface area (Å²) in [4.78, 5) is 52.4. The van der Waals surface area contributed by atoms with Crippen LogP contribution in [0.15, 0.2) is 54.6 Å². The smallest absolute Gasteiger partial charge is 0.408 e. The van der Waals surface area contributed by atoms with Crippen molar-refractivity contribution in [3.05, 3.63) is 70.3 Å². The van der Waals surface area contributed by atoms with Crippen LogP contribution in [0.2, 0.25) is 0 Å². The van der Waals surface area contributed by atoms with Gasteiger partial charge in [-0.3, -0.25) is 14.9 Å². The number of nitrogens with zero attached hydrogens (tertiary/aromatic N) is 3. The summed E-state index contributed by atoms with van der Waals surface area (Å²) >= 11 is 0. The van der Waals surface area contributed by atoms with Crippen molar-refractivity contribution in [2.75, 3.05) is 31.1 Å². The zero-order chi connectivity index (χ0) is 27.7. The third-order valence-corrected chi connectivity index (χ3v) is 5.88. The molecule has 2 amide bonds. The van der Waals surface area contributed by atoms with Gasteiger partial charge in [-0.1, -0.05) is 36.4 Å². The lowest BCUT2D eigenvalue weighted by molar-refractivity contribution is -0.384. The first-order valence-corrected chi connectivity index (χ1v) is 12.5. The van der Waals surface area contributed by atoms with Crippen LogP contribution in [-0.2, 0) is 25.7 Å². The topological polar surface area (TPSA) is 131 Å². The van der Waals surface area contributed by atoms with Crippen LogP contribution >= 0.6 is 0 Å². The Morgan fingerprint density at radius 2 is 1.71 bits per heavy atom. The first-order chi connectivity index (χ1) is 18.0. The highest BCUT2D eigenvalue weighted by atomic mass is 16.6. The van der Waals surface area contributed by atoms with Crippen LogP contribution in [0.3, 0.4) is 0 Å². The first-order valence-electron chi connectivity index (χ1n) is 12.5. The van der Waals surface area contributed by atoms with Crippen molar-refractivity contribution in [1.82, 2.24) is 10.2 Å². The molecule has 0 saturated carbocycles. The molecule has 1 aliphatic heterocycles. The van der Waals surface area contributed by atoms with E-state index in [0.29, 0.717) is 26.2 Å². The van der Waals surface area contributed by atoms with Crippen molar-refractivity contribution in [2.24, 2.45) is 0 Å². The molecule has 0 bridgehead atoms. The number of benzene rings is 2. The molecule has 3 rings (SSSR count). The molecule has 38 heavy (non-hydrogen) atoms. The van der Waals surface area contributed by atoms with Gasteiger partial charge in [0.05, 0.1) is 4.92 Å². The van der Waals surface area contributed by atoms with Crippen LogP contribution in [0.25, 0.3) is 0 Å². The number of ether oxygens (including phenoxy) is 2. The highest BCUT2D eigenvalue weighted by Crippen LogP contribution is 2.22. The van der Waals surface area contributed by atoms with E-state index in [9.17, 15) is 24.5 Å². The van der Waals surface area contributed by atoms with Crippen molar-refractivity contribution < 1.29 is 28.8 Å². The van der Waals surface area contributed by atoms with Gasteiger partial charge in [0.2, 0.25) is 5.91 Å². The lowest BCUT2D eigenvalue weighted by atomic mass is 10.1. The van der Waals surface area contributed by atoms with Gasteiger partial charge in [-0.2, -0.15) is 0 Å². The van der Waals surface area contributed by atoms with Gasteiger partial charge in [-0.15, -0.1) is 0 Å². The predicted molar refractivity (Wildman–Crippen MR) is 141 cm³/mol. The number of alkyl carbamates (subject to hydrolysis) is 1. The van der Waals surface area contributed by atoms with Crippen molar-refractivity contribution in [1.29, 1.82) is 0 Å². The average molecular weight is 527 g/mol. The summed E-state index contributed by atoms with van der Waals surface area (Å²) in [5.74, 6) is -0.797. The maximum Gasteiger partial charge on any atom is 0.408 e. The second-order valence-corrected chi connectivity index (χ2v) is 9.98. The maximum absolute atomic E-state index is 12.9. The Hall–Kier alpha value is -4.15. The lowest BCUT2D eigenvalue weighted by Crippen LogP contribution is -2.49. The quantitative estimate of drug-likeness (QED) is 0.298. The van der Waals surface area contributed by atoms with E-state index in [1.165, 1.54) is 12.1 Å². The summed E-state index contributed by atoms with van der Waals surface area (Å²) in [7, 11) is 0. The fourth-order valence-corrected chi connectivity index (χ4v) is 3.97. The number of nitrogens with one attached hydrogen (secondary N) is 1. The zero-order valence-electron chi connectivity index (χ0n) is 21.9. The number of nitro benzene ring substituents is 1. The largest absolute Gasteiger partial charge is 0.458 e. The van der Waals surface area contributed by atoms with Crippen LogP contribution in [0.1, 0.15) is 39.2 Å². The number of amides is 2. The Labute approximate surface area is 221 Å². The molecule has 0 aromatic heterocycles. The second kappa shape index (κ2) is 12.9. The molecule has 1 saturated heterocycles. The molecular weight excluding hydrogens is 492 g/mol. The van der Waals surface area contributed by atoms with Gasteiger partial charge in [0.1, 0.15) is 18.2 Å². The fourth-order valence-electron chi connectivity index (χ4n) is 3.97. The predicted octanol–water partition coefficient (Wildman–Crippen LogP) is 3.66. The SMILES string of the molecule is CC(C)(C)OC(=O)[C@H](CCC(=O)N1CCN(c2cccc([N+](=O)[O-])c2)CC1)NC(=O)OCc1ccccc1. The van der Waals surface area contributed by atoms with Gasteiger partial charge in [-0.25, -0.2) is 9.59 Å². The summed E-state index contributed by atoms with van der Waals surface area (Å²) in [5, 5.41) is 13.6. The molecule has 2 aromatic carbocycles. The van der Waals surface area contributed by atoms with Gasteiger partial charge >= 0.3 is 12.1 Å². The molecule has 1 N–H and O–H groups in total. The summed E-state index contributed by atoms with van der Waals surface area (Å²) in [6.45, 7) is 7.13. The normalized spacial score (nSPS) is 14.4. The maximum atomic E-state index is 12.9. The lowest BCUT2D eigenvalue weighted by Gasteiger charge is -2.36. The number of carbonyl (C=O) groups is 3. The number of nitro groups is 1. The van der Waals surface area contributed by atoms with Gasteiger partial charge in [-0.05, 0) is 38.8 Å². The van der Waals surface area contributed by atoms with Crippen LogP contribution in [0.4, 0.5) is 16.2 Å². The Kier molecular flexibility index (Phi) is 9.64. The summed E-state index contributed by atoms with van der Waals surface area (Å²) in [6.07, 6.45) is -0.693. The molecule has 1 aliphatic rings. The van der Waals surface area contributed by atoms with E-state index in [1.807, 2.05) is 35.2 Å². The van der Waals surface area contributed by atoms with Crippen LogP contribution < -0.4 is 10.2 Å². The molecular formula is C27H34N4O7. The van der Waals surface area contributed by atoms with Crippen molar-refractivity contribution >= 4 is 29.3 Å². The molecule has 204 valence electrons. The first kappa shape index (κ1) is 28.4. The highest BCUT2D eigenvalue weighted by Gasteiger charge is 2.29. The Morgan fingerprint density at radius 3 is 2.34 bits per heavy atom.